The summed E-state index contributed by atoms with van der Waals surface area (Å²) < 4.78 is 261. The van der Waals surface area contributed by atoms with Gasteiger partial charge in [0, 0.05) is 76.6 Å². The molecule has 0 atom stereocenters. The second kappa shape index (κ2) is 18.0. The Labute approximate surface area is 321 Å². The molecule has 0 amide bonds. The Morgan fingerprint density at radius 2 is 1.07 bits per heavy atom. The van der Waals surface area contributed by atoms with E-state index in [9.17, 15) is 0 Å². The van der Waals surface area contributed by atoms with Gasteiger partial charge >= 0.3 is 0 Å². The highest BCUT2D eigenvalue weighted by Crippen LogP contribution is 2.20. The first-order valence-corrected chi connectivity index (χ1v) is 12.7. The van der Waals surface area contributed by atoms with E-state index in [-0.39, 0.29) is 28.8 Å². The summed E-state index contributed by atoms with van der Waals surface area (Å²) in [7, 11) is 1.04. The fourth-order valence-electron chi connectivity index (χ4n) is 3.51. The second-order valence-electron chi connectivity index (χ2n) is 8.90. The molecule has 4 rings (SSSR count). The van der Waals surface area contributed by atoms with Crippen LogP contribution in [0.3, 0.4) is 0 Å². The van der Waals surface area contributed by atoms with Gasteiger partial charge in [-0.25, -0.2) is 0 Å². The number of rotatable bonds is 8. The molecule has 0 aromatic heterocycles. The smallest absolute Gasteiger partial charge is 0.0717 e. The minimum absolute atomic E-state index is 0. The molecular weight excluding hydrogens is 544 g/mol. The zero-order valence-electron chi connectivity index (χ0n) is 56.5. The van der Waals surface area contributed by atoms with Crippen LogP contribution in [0.25, 0.3) is 21.5 Å². The molecule has 0 saturated heterocycles. The van der Waals surface area contributed by atoms with Crippen LogP contribution in [0.4, 0.5) is 0 Å². The highest BCUT2D eigenvalue weighted by atomic mass is 15.1. The van der Waals surface area contributed by atoms with Crippen molar-refractivity contribution in [3.05, 3.63) is 120 Å². The third kappa shape index (κ3) is 14.0. The van der Waals surface area contributed by atoms with Gasteiger partial charge in [0.1, 0.15) is 0 Å². The lowest BCUT2D eigenvalue weighted by molar-refractivity contribution is 0.365. The summed E-state index contributed by atoms with van der Waals surface area (Å²) in [5.41, 5.74) is -7.47. The molecule has 0 heterocycles. The number of benzene rings is 4. The Morgan fingerprint density at radius 1 is 0.644 bits per heavy atom. The molecule has 2 nitrogen and oxygen atoms in total. The fourth-order valence-corrected chi connectivity index (χ4v) is 3.51. The molecule has 0 radical (unpaired) electrons. The van der Waals surface area contributed by atoms with E-state index in [0.29, 0.717) is 21.1 Å². The molecule has 4 aromatic carbocycles. The van der Waals surface area contributed by atoms with Crippen LogP contribution in [-0.4, -0.2) is 36.8 Å². The summed E-state index contributed by atoms with van der Waals surface area (Å²) >= 11 is 0. The van der Waals surface area contributed by atoms with Crippen molar-refractivity contribution in [2.45, 2.75) is 61.5 Å². The van der Waals surface area contributed by atoms with Crippen molar-refractivity contribution in [2.75, 3.05) is 27.0 Å². The van der Waals surface area contributed by atoms with Gasteiger partial charge in [-0.3, -0.25) is 9.80 Å². The Morgan fingerprint density at radius 3 is 1.53 bits per heavy atom. The number of fused-ring (bicyclic) bond motifs is 2. The van der Waals surface area contributed by atoms with Crippen molar-refractivity contribution >= 4 is 21.5 Å². The fraction of sp³-hybridized carbons (Fsp3) is 0.349. The van der Waals surface area contributed by atoms with Crippen LogP contribution in [-0.2, 0) is 13.0 Å². The molecule has 2 heteroatoms. The van der Waals surface area contributed by atoms with Gasteiger partial charge in [-0.15, -0.1) is 0 Å². The van der Waals surface area contributed by atoms with Gasteiger partial charge in [0.05, 0.1) is 5.48 Å². The summed E-state index contributed by atoms with van der Waals surface area (Å²) in [5, 5.41) is 1.90. The van der Waals surface area contributed by atoms with Crippen molar-refractivity contribution in [2.24, 2.45) is 10.8 Å². The highest BCUT2D eigenvalue weighted by Gasteiger charge is 2.05. The van der Waals surface area contributed by atoms with Gasteiger partial charge in [0.2, 0.25) is 0 Å². The summed E-state index contributed by atoms with van der Waals surface area (Å²) in [6.07, 6.45) is 0. The maximum atomic E-state index is 8.67. The Hall–Kier alpha value is -4.08. The molecule has 0 bridgehead atoms. The van der Waals surface area contributed by atoms with Crippen molar-refractivity contribution < 1.29 is 45.2 Å². The van der Waals surface area contributed by atoms with E-state index in [1.165, 1.54) is 24.3 Å². The van der Waals surface area contributed by atoms with Crippen molar-refractivity contribution in [3.8, 4) is 23.7 Å². The maximum absolute atomic E-state index is 8.67. The lowest BCUT2D eigenvalue weighted by atomic mass is 9.98. The van der Waals surface area contributed by atoms with Crippen LogP contribution in [0.5, 0.6) is 0 Å². The normalized spacial score (nSPS) is 26.5. The van der Waals surface area contributed by atoms with E-state index >= 15 is 0 Å². The van der Waals surface area contributed by atoms with Crippen LogP contribution in [0.2, 0.25) is 0 Å². The number of hydrogen-bond acceptors (Lipinski definition) is 2. The second-order valence-corrected chi connectivity index (χ2v) is 8.90. The standard InChI is InChI=1S/2C21H25N.CH4/c2*1-21(2,3)15-8-5-9-16-22(4)17-19-13-10-12-18-11-6-7-14-20(18)19;/h2*5-7,9-14H,16-17H2,1-4H3;1H4/b2*9-5+;/i1D3,2D3,3D3,4D3,5D,9D,16D2,17D2;1D3,2D3,3D3,5D,9D,16D2,17D2;. The summed E-state index contributed by atoms with van der Waals surface area (Å²) in [6, 6.07) is 16.7. The predicted molar refractivity (Wildman–Crippen MR) is 200 cm³/mol. The quantitative estimate of drug-likeness (QED) is 0.179. The largest absolute Gasteiger partial charge is 0.298 e. The van der Waals surface area contributed by atoms with E-state index in [1.807, 2.05) is 0 Å². The minimum atomic E-state index is -3.76. The summed E-state index contributed by atoms with van der Waals surface area (Å²) in [4.78, 5) is 0.280. The average molecular weight is 632 g/mol. The van der Waals surface area contributed by atoms with Gasteiger partial charge in [0.25, 0.3) is 0 Å². The van der Waals surface area contributed by atoms with E-state index in [2.05, 4.69) is 0 Å². The molecule has 0 fully saturated rings. The number of likely N-dealkylation sites (N-methyl/N-ethyl adjacent to an activating group) is 2. The molecule has 0 spiro atoms. The molecule has 0 saturated carbocycles. The first-order valence-electron chi connectivity index (χ1n) is 29.2. The van der Waals surface area contributed by atoms with E-state index in [4.69, 9.17) is 45.2 Å². The van der Waals surface area contributed by atoms with Gasteiger partial charge in [-0.1, -0.05) is 128 Å². The van der Waals surface area contributed by atoms with Crippen molar-refractivity contribution in [1.82, 2.24) is 9.80 Å². The molecule has 236 valence electrons. The van der Waals surface area contributed by atoms with Crippen LogP contribution in [0.15, 0.2) is 109 Å². The first-order chi connectivity index (χ1) is 34.3. The van der Waals surface area contributed by atoms with E-state index in [0.717, 1.165) is 7.05 Å². The van der Waals surface area contributed by atoms with E-state index < -0.39 is 109 Å². The summed E-state index contributed by atoms with van der Waals surface area (Å²) in [5.74, 6) is 6.61. The molecule has 0 unspecified atom stereocenters. The van der Waals surface area contributed by atoms with Crippen molar-refractivity contribution in [1.29, 1.82) is 0 Å². The van der Waals surface area contributed by atoms with Crippen molar-refractivity contribution in [3.63, 3.8) is 0 Å². The third-order valence-corrected chi connectivity index (χ3v) is 5.24. The molecule has 0 aliphatic heterocycles. The number of hydrogen-bond donors (Lipinski definition) is 0. The lowest BCUT2D eigenvalue weighted by Gasteiger charge is -2.15. The molecule has 0 aliphatic carbocycles. The van der Waals surface area contributed by atoms with Gasteiger partial charge in [0.15, 0.2) is 0 Å². The topological polar surface area (TPSA) is 6.48 Å². The monoisotopic (exact) mass is 632 g/mol. The maximum Gasteiger partial charge on any atom is 0.0717 e. The van der Waals surface area contributed by atoms with Gasteiger partial charge in [-0.05, 0) is 99.9 Å². The van der Waals surface area contributed by atoms with Crippen LogP contribution in [0, 0.1) is 34.5 Å². The Bertz CT molecular complexity index is 2890. The Balaban J connectivity index is 0.000000528. The zero-order valence-corrected chi connectivity index (χ0v) is 23.5. The highest BCUT2D eigenvalue weighted by molar-refractivity contribution is 5.86. The van der Waals surface area contributed by atoms with Gasteiger partial charge < -0.3 is 0 Å². The zero-order chi connectivity index (χ0) is 60.2. The van der Waals surface area contributed by atoms with Crippen LogP contribution in [0.1, 0.15) is 105 Å². The molecule has 0 N–H and O–H groups in total. The predicted octanol–water partition coefficient (Wildman–Crippen LogP) is 10.4. The van der Waals surface area contributed by atoms with Crippen LogP contribution < -0.4 is 0 Å². The molecule has 45 heavy (non-hydrogen) atoms. The Kier molecular flexibility index (Phi) is 4.65. The first kappa shape index (κ1) is 11.6. The van der Waals surface area contributed by atoms with Gasteiger partial charge in [-0.2, -0.15) is 0 Å². The molecule has 0 aliphatic rings. The average Bonchev–Trinajstić information content (AvgIpc) is 3.24. The molecular formula is C43H54N2. The minimum Gasteiger partial charge on any atom is -0.298 e. The summed E-state index contributed by atoms with van der Waals surface area (Å²) in [6.45, 7) is -38.1. The number of allylic oxidation sites excluding steroid dienone is 2. The van der Waals surface area contributed by atoms with E-state index in [1.54, 1.807) is 84.3 Å². The lowest BCUT2D eigenvalue weighted by Crippen LogP contribution is -2.17. The SMILES string of the molecule is C.[2H]/C(C#CC(C([2H])([2H])[2H])(C([2H])([2H])[2H])C([2H])([2H])[2H])=C(/[2H])C([2H])([2H])N(C([2H])([2H])[2H])C([2H])([2H])c1cccc2ccccc12.[2H]/C(C#CC(C([2H])([2H])[2H])(C([2H])([2H])[2H])C([2H])([2H])[2H])=C(/[2H])C([2H])([2H])N(C)C([2H])([2H])c1cccc2ccccc12. The molecule has 4 aromatic rings. The number of nitrogens with zero attached hydrogens (tertiary/aromatic N) is 2. The third-order valence-electron chi connectivity index (χ3n) is 5.24. The van der Waals surface area contributed by atoms with Crippen LogP contribution >= 0.6 is 0 Å².